The molecule has 0 N–H and O–H groups in total. The van der Waals surface area contributed by atoms with Gasteiger partial charge in [0.2, 0.25) is 0 Å². The second kappa shape index (κ2) is 16.6. The van der Waals surface area contributed by atoms with E-state index in [1.807, 2.05) is 66.7 Å². The first kappa shape index (κ1) is 45.2. The molecule has 78 heavy (non-hydrogen) atoms. The van der Waals surface area contributed by atoms with Crippen LogP contribution in [0.15, 0.2) is 212 Å². The Morgan fingerprint density at radius 3 is 1.45 bits per heavy atom. The summed E-state index contributed by atoms with van der Waals surface area (Å²) in [6.07, 6.45) is 0. The van der Waals surface area contributed by atoms with Crippen molar-refractivity contribution < 1.29 is 0 Å². The van der Waals surface area contributed by atoms with E-state index in [9.17, 15) is 5.26 Å². The van der Waals surface area contributed by atoms with Crippen molar-refractivity contribution in [1.82, 2.24) is 24.1 Å². The number of fused-ring (bicyclic) bond motifs is 14. The quantitative estimate of drug-likeness (QED) is 0.156. The van der Waals surface area contributed by atoms with Gasteiger partial charge in [-0.15, -0.1) is 0 Å². The summed E-state index contributed by atoms with van der Waals surface area (Å²) in [5, 5.41) is 15.5. The van der Waals surface area contributed by atoms with Crippen LogP contribution in [-0.4, -0.2) is 24.1 Å². The van der Waals surface area contributed by atoms with E-state index in [2.05, 4.69) is 193 Å². The van der Waals surface area contributed by atoms with E-state index in [1.54, 1.807) is 0 Å². The number of para-hydroxylation sites is 2. The number of aromatic nitrogens is 5. The average molecular weight is 998 g/mol. The van der Waals surface area contributed by atoms with Crippen LogP contribution in [0.25, 0.3) is 127 Å². The van der Waals surface area contributed by atoms with E-state index in [1.165, 1.54) is 66.1 Å². The molecule has 0 saturated heterocycles. The molecule has 7 heteroatoms. The average Bonchev–Trinajstić information content (AvgIpc) is 4.36. The van der Waals surface area contributed by atoms with Crippen LogP contribution in [0.1, 0.15) is 55.5 Å². The van der Waals surface area contributed by atoms with Crippen molar-refractivity contribution >= 4 is 49.3 Å². The molecule has 0 fully saturated rings. The number of nitrogens with zero attached hydrogens (tertiary/aromatic N) is 7. The highest BCUT2D eigenvalue weighted by Crippen LogP contribution is 2.55. The van der Waals surface area contributed by atoms with Gasteiger partial charge in [-0.05, 0) is 111 Å². The number of hydrogen-bond donors (Lipinski definition) is 0. The minimum Gasteiger partial charge on any atom is -0.311 e. The van der Waals surface area contributed by atoms with Crippen LogP contribution in [0.2, 0.25) is 0 Å². The lowest BCUT2D eigenvalue weighted by Gasteiger charge is -2.22. The van der Waals surface area contributed by atoms with E-state index < -0.39 is 0 Å². The van der Waals surface area contributed by atoms with Gasteiger partial charge in [0.15, 0.2) is 23.2 Å². The summed E-state index contributed by atoms with van der Waals surface area (Å²) in [7, 11) is 0. The highest BCUT2D eigenvalue weighted by molar-refractivity contribution is 6.16. The normalized spacial score (nSPS) is 13.6. The molecular formula is C71H47N7. The van der Waals surface area contributed by atoms with Crippen molar-refractivity contribution in [2.75, 3.05) is 0 Å². The van der Waals surface area contributed by atoms with Crippen LogP contribution in [0.5, 0.6) is 0 Å². The maximum Gasteiger partial charge on any atom is 0.200 e. The third-order valence-electron chi connectivity index (χ3n) is 16.8. The number of hydrogen-bond acceptors (Lipinski definition) is 4. The molecule has 0 radical (unpaired) electrons. The van der Waals surface area contributed by atoms with Gasteiger partial charge in [0.1, 0.15) is 0 Å². The largest absolute Gasteiger partial charge is 0.311 e. The standard InChI is InChI=1S/C71H47N7/c1-70(2)56-27-15-11-23-47(56)49-35-37-61-63(65(49)70)53-25-13-17-29-59(53)77(61)44-31-33-51(55(39-44)46-22-10-9-21-43(46)41-72)68-74-67(42-19-7-6-8-20-42)75-69(76-68)52-34-32-45(40-58(52)73-5)78-60-30-18-14-26-54(60)64-62(78)38-36-50-48-24-12-16-28-57(48)71(3,4)66(50)64/h6-40H,1-4H3. The van der Waals surface area contributed by atoms with Gasteiger partial charge in [0.25, 0.3) is 0 Å². The zero-order valence-electron chi connectivity index (χ0n) is 43.3. The Bertz CT molecular complexity index is 4820. The molecule has 0 spiro atoms. The Hall–Kier alpha value is -10.2. The van der Waals surface area contributed by atoms with Gasteiger partial charge in [0.05, 0.1) is 40.3 Å². The van der Waals surface area contributed by atoms with Gasteiger partial charge >= 0.3 is 0 Å². The molecule has 3 aromatic heterocycles. The summed E-state index contributed by atoms with van der Waals surface area (Å²) in [5.74, 6) is 1.27. The lowest BCUT2D eigenvalue weighted by molar-refractivity contribution is 0.666. The lowest BCUT2D eigenvalue weighted by atomic mass is 9.80. The Balaban J connectivity index is 0.926. The van der Waals surface area contributed by atoms with Crippen LogP contribution in [0.3, 0.4) is 0 Å². The smallest absolute Gasteiger partial charge is 0.200 e. The van der Waals surface area contributed by atoms with Crippen LogP contribution < -0.4 is 0 Å². The molecule has 10 aromatic carbocycles. The molecule has 0 bridgehead atoms. The van der Waals surface area contributed by atoms with E-state index in [0.717, 1.165) is 55.7 Å². The lowest BCUT2D eigenvalue weighted by Crippen LogP contribution is -2.15. The minimum atomic E-state index is -0.224. The highest BCUT2D eigenvalue weighted by atomic mass is 15.0. The number of nitriles is 1. The first-order chi connectivity index (χ1) is 38.1. The molecule has 0 aliphatic heterocycles. The predicted molar refractivity (Wildman–Crippen MR) is 316 cm³/mol. The summed E-state index contributed by atoms with van der Waals surface area (Å²) in [6, 6.07) is 76.4. The Labute approximate surface area is 451 Å². The number of rotatable bonds is 6. The molecular weight excluding hydrogens is 951 g/mol. The van der Waals surface area contributed by atoms with Gasteiger partial charge in [-0.25, -0.2) is 19.8 Å². The zero-order valence-corrected chi connectivity index (χ0v) is 43.3. The van der Waals surface area contributed by atoms with Crippen molar-refractivity contribution in [2.24, 2.45) is 0 Å². The van der Waals surface area contributed by atoms with E-state index in [-0.39, 0.29) is 10.8 Å². The fraction of sp³-hybridized carbons (Fsp3) is 0.0845. The predicted octanol–water partition coefficient (Wildman–Crippen LogP) is 17.8. The second-order valence-corrected chi connectivity index (χ2v) is 21.7. The monoisotopic (exact) mass is 997 g/mol. The second-order valence-electron chi connectivity index (χ2n) is 21.7. The maximum absolute atomic E-state index is 10.7. The van der Waals surface area contributed by atoms with Gasteiger partial charge in [0, 0.05) is 66.0 Å². The fourth-order valence-corrected chi connectivity index (χ4v) is 13.4. The molecule has 2 aliphatic rings. The van der Waals surface area contributed by atoms with Crippen LogP contribution in [-0.2, 0) is 10.8 Å². The molecule has 13 aromatic rings. The zero-order chi connectivity index (χ0) is 52.6. The van der Waals surface area contributed by atoms with E-state index in [4.69, 9.17) is 21.5 Å². The summed E-state index contributed by atoms with van der Waals surface area (Å²) in [6.45, 7) is 18.1. The molecule has 0 unspecified atom stereocenters. The third kappa shape index (κ3) is 6.34. The van der Waals surface area contributed by atoms with E-state index in [0.29, 0.717) is 34.3 Å². The van der Waals surface area contributed by atoms with Gasteiger partial charge in [-0.3, -0.25) is 0 Å². The van der Waals surface area contributed by atoms with Crippen molar-refractivity contribution in [3.63, 3.8) is 0 Å². The topological polar surface area (TPSA) is 76.7 Å². The Kier molecular flexibility index (Phi) is 9.65. The van der Waals surface area contributed by atoms with Crippen LogP contribution in [0, 0.1) is 17.9 Å². The molecule has 0 saturated carbocycles. The summed E-state index contributed by atoms with van der Waals surface area (Å²) in [4.78, 5) is 19.9. The first-order valence-electron chi connectivity index (χ1n) is 26.4. The van der Waals surface area contributed by atoms with E-state index >= 15 is 0 Å². The van der Waals surface area contributed by atoms with Crippen LogP contribution >= 0.6 is 0 Å². The van der Waals surface area contributed by atoms with Gasteiger partial charge in [-0.1, -0.05) is 179 Å². The molecule has 0 atom stereocenters. The van der Waals surface area contributed by atoms with Crippen LogP contribution in [0.4, 0.5) is 5.69 Å². The third-order valence-corrected chi connectivity index (χ3v) is 16.8. The molecule has 7 nitrogen and oxygen atoms in total. The molecule has 366 valence electrons. The maximum atomic E-state index is 10.7. The minimum absolute atomic E-state index is 0.216. The highest BCUT2D eigenvalue weighted by Gasteiger charge is 2.40. The molecule has 2 aliphatic carbocycles. The van der Waals surface area contributed by atoms with Crippen molar-refractivity contribution in [3.05, 3.63) is 252 Å². The van der Waals surface area contributed by atoms with Crippen molar-refractivity contribution in [1.29, 1.82) is 5.26 Å². The van der Waals surface area contributed by atoms with Crippen molar-refractivity contribution in [2.45, 2.75) is 38.5 Å². The summed E-state index contributed by atoms with van der Waals surface area (Å²) in [5.41, 5.74) is 20.7. The molecule has 15 rings (SSSR count). The molecule has 0 amide bonds. The van der Waals surface area contributed by atoms with Gasteiger partial charge < -0.3 is 9.13 Å². The molecule has 3 heterocycles. The van der Waals surface area contributed by atoms with Crippen molar-refractivity contribution in [3.8, 4) is 85.0 Å². The fourth-order valence-electron chi connectivity index (χ4n) is 13.4. The summed E-state index contributed by atoms with van der Waals surface area (Å²) >= 11 is 0. The Morgan fingerprint density at radius 2 is 0.872 bits per heavy atom. The SMILES string of the molecule is [C-]#[N+]c1cc(-n2c3ccccc3c3c4c(ccc32)-c2ccccc2C4(C)C)ccc1-c1nc(-c2ccccc2)nc(-c2ccc(-n3c4ccccc4c4c5c(ccc43)-c3ccccc3C5(C)C)cc2-c2ccccc2C#N)n1. The van der Waals surface area contributed by atoms with Gasteiger partial charge in [-0.2, -0.15) is 5.26 Å². The Morgan fingerprint density at radius 1 is 0.410 bits per heavy atom. The number of benzene rings is 10. The summed E-state index contributed by atoms with van der Waals surface area (Å²) < 4.78 is 4.65. The first-order valence-corrected chi connectivity index (χ1v) is 26.4.